The van der Waals surface area contributed by atoms with Crippen LogP contribution in [-0.4, -0.2) is 34.6 Å². The van der Waals surface area contributed by atoms with Crippen molar-refractivity contribution >= 4 is 10.9 Å². The molecule has 0 spiro atoms. The lowest BCUT2D eigenvalue weighted by molar-refractivity contribution is 0.359. The van der Waals surface area contributed by atoms with Gasteiger partial charge < -0.3 is 15.6 Å². The monoisotopic (exact) mass is 273 g/mol. The first-order valence-electron chi connectivity index (χ1n) is 7.07. The van der Waals surface area contributed by atoms with Crippen molar-refractivity contribution in [2.45, 2.75) is 19.4 Å². The van der Waals surface area contributed by atoms with Crippen molar-refractivity contribution in [3.63, 3.8) is 0 Å². The molecule has 0 aliphatic carbocycles. The molecule has 1 fully saturated rings. The van der Waals surface area contributed by atoms with E-state index in [0.717, 1.165) is 25.3 Å². The Morgan fingerprint density at radius 3 is 3.20 bits per heavy atom. The van der Waals surface area contributed by atoms with Crippen LogP contribution in [0.4, 0.5) is 0 Å². The Hall–Kier alpha value is -1.79. The summed E-state index contributed by atoms with van der Waals surface area (Å²) in [5.74, 6) is 0.676. The van der Waals surface area contributed by atoms with Gasteiger partial charge in [-0.1, -0.05) is 0 Å². The lowest BCUT2D eigenvalue weighted by atomic mass is 10.00. The van der Waals surface area contributed by atoms with Gasteiger partial charge in [0.2, 0.25) is 0 Å². The highest BCUT2D eigenvalue weighted by molar-refractivity contribution is 5.78. The molecular weight excluding hydrogens is 254 g/mol. The van der Waals surface area contributed by atoms with E-state index in [0.29, 0.717) is 23.4 Å². The van der Waals surface area contributed by atoms with Gasteiger partial charge in [-0.3, -0.25) is 9.78 Å². The van der Waals surface area contributed by atoms with Gasteiger partial charge in [0, 0.05) is 12.7 Å². The van der Waals surface area contributed by atoms with Gasteiger partial charge in [0.05, 0.1) is 17.4 Å². The molecule has 1 aliphatic rings. The maximum absolute atomic E-state index is 11.7. The van der Waals surface area contributed by atoms with Crippen LogP contribution in [0.3, 0.4) is 0 Å². The van der Waals surface area contributed by atoms with Crippen molar-refractivity contribution in [1.82, 2.24) is 25.6 Å². The van der Waals surface area contributed by atoms with Gasteiger partial charge in [-0.2, -0.15) is 0 Å². The summed E-state index contributed by atoms with van der Waals surface area (Å²) in [6.07, 6.45) is 5.61. The lowest BCUT2D eigenvalue weighted by Gasteiger charge is -2.22. The first-order valence-corrected chi connectivity index (χ1v) is 7.07. The van der Waals surface area contributed by atoms with Gasteiger partial charge in [0.1, 0.15) is 5.52 Å². The predicted molar refractivity (Wildman–Crippen MR) is 77.5 cm³/mol. The summed E-state index contributed by atoms with van der Waals surface area (Å²) < 4.78 is 0. The zero-order chi connectivity index (χ0) is 13.8. The average molecular weight is 273 g/mol. The number of rotatable bonds is 4. The molecule has 3 N–H and O–H groups in total. The van der Waals surface area contributed by atoms with Crippen LogP contribution in [0.2, 0.25) is 0 Å². The highest BCUT2D eigenvalue weighted by Crippen LogP contribution is 2.11. The molecular formula is C14H19N5O. The maximum Gasteiger partial charge on any atom is 0.258 e. The molecule has 0 unspecified atom stereocenters. The molecule has 6 nitrogen and oxygen atoms in total. The number of hydrogen-bond acceptors (Lipinski definition) is 5. The van der Waals surface area contributed by atoms with Gasteiger partial charge in [-0.15, -0.1) is 0 Å². The molecule has 0 amide bonds. The summed E-state index contributed by atoms with van der Waals surface area (Å²) in [6, 6.07) is 1.70. The summed E-state index contributed by atoms with van der Waals surface area (Å²) in [7, 11) is 0. The molecule has 0 aromatic carbocycles. The van der Waals surface area contributed by atoms with Crippen LogP contribution in [-0.2, 0) is 6.54 Å². The Morgan fingerprint density at radius 1 is 1.40 bits per heavy atom. The van der Waals surface area contributed by atoms with E-state index in [1.807, 2.05) is 0 Å². The standard InChI is InChI=1S/C14H19N5O/c20-14-11-3-5-17-12(13(11)18-9-19-14)8-16-7-10-2-1-4-15-6-10/h3,5,9-10,15-16H,1-2,4,6-8H2,(H,18,19,20)/t10-/m0/s1. The molecule has 2 aromatic rings. The Morgan fingerprint density at radius 2 is 2.35 bits per heavy atom. The van der Waals surface area contributed by atoms with Crippen LogP contribution < -0.4 is 16.2 Å². The SMILES string of the molecule is O=c1[nH]cnc2c(CNC[C@H]3CCCNC3)nccc12. The molecule has 1 aliphatic heterocycles. The molecule has 0 bridgehead atoms. The van der Waals surface area contributed by atoms with Crippen molar-refractivity contribution < 1.29 is 0 Å². The maximum atomic E-state index is 11.7. The first kappa shape index (κ1) is 13.2. The fraction of sp³-hybridized carbons (Fsp3) is 0.500. The van der Waals surface area contributed by atoms with E-state index in [2.05, 4.69) is 25.6 Å². The van der Waals surface area contributed by atoms with Gasteiger partial charge in [0.25, 0.3) is 5.56 Å². The van der Waals surface area contributed by atoms with Gasteiger partial charge >= 0.3 is 0 Å². The largest absolute Gasteiger partial charge is 0.316 e. The van der Waals surface area contributed by atoms with Crippen LogP contribution in [0.1, 0.15) is 18.5 Å². The predicted octanol–water partition coefficient (Wildman–Crippen LogP) is 0.407. The van der Waals surface area contributed by atoms with Crippen molar-refractivity contribution in [1.29, 1.82) is 0 Å². The summed E-state index contributed by atoms with van der Waals surface area (Å²) >= 11 is 0. The zero-order valence-electron chi connectivity index (χ0n) is 11.4. The van der Waals surface area contributed by atoms with E-state index in [-0.39, 0.29) is 5.56 Å². The highest BCUT2D eigenvalue weighted by Gasteiger charge is 2.13. The molecule has 1 saturated heterocycles. The minimum absolute atomic E-state index is 0.116. The quantitative estimate of drug-likeness (QED) is 0.751. The van der Waals surface area contributed by atoms with E-state index in [1.165, 1.54) is 19.2 Å². The second kappa shape index (κ2) is 6.11. The summed E-state index contributed by atoms with van der Waals surface area (Å²) in [5, 5.41) is 7.43. The van der Waals surface area contributed by atoms with Gasteiger partial charge in [-0.05, 0) is 44.5 Å². The Balaban J connectivity index is 1.68. The third-order valence-corrected chi connectivity index (χ3v) is 3.76. The van der Waals surface area contributed by atoms with Crippen molar-refractivity contribution in [3.05, 3.63) is 34.6 Å². The molecule has 20 heavy (non-hydrogen) atoms. The van der Waals surface area contributed by atoms with Crippen molar-refractivity contribution in [2.24, 2.45) is 5.92 Å². The zero-order valence-corrected chi connectivity index (χ0v) is 11.4. The number of piperidine rings is 1. The van der Waals surface area contributed by atoms with Gasteiger partial charge in [-0.25, -0.2) is 4.98 Å². The molecule has 0 saturated carbocycles. The normalized spacial score (nSPS) is 19.3. The number of pyridine rings is 1. The van der Waals surface area contributed by atoms with Crippen molar-refractivity contribution in [2.75, 3.05) is 19.6 Å². The number of H-pyrrole nitrogens is 1. The van der Waals surface area contributed by atoms with E-state index < -0.39 is 0 Å². The number of hydrogen-bond donors (Lipinski definition) is 3. The average Bonchev–Trinajstić information content (AvgIpc) is 2.49. The topological polar surface area (TPSA) is 82.7 Å². The van der Waals surface area contributed by atoms with Gasteiger partial charge in [0.15, 0.2) is 0 Å². The smallest absolute Gasteiger partial charge is 0.258 e. The summed E-state index contributed by atoms with van der Waals surface area (Å²) in [6.45, 7) is 3.82. The highest BCUT2D eigenvalue weighted by atomic mass is 16.1. The molecule has 106 valence electrons. The summed E-state index contributed by atoms with van der Waals surface area (Å²) in [4.78, 5) is 22.9. The van der Waals surface area contributed by atoms with Crippen LogP contribution in [0.15, 0.2) is 23.4 Å². The third kappa shape index (κ3) is 2.86. The Kier molecular flexibility index (Phi) is 4.03. The minimum Gasteiger partial charge on any atom is -0.316 e. The number of nitrogens with zero attached hydrogens (tertiary/aromatic N) is 2. The number of aromatic amines is 1. The fourth-order valence-corrected chi connectivity index (χ4v) is 2.68. The molecule has 2 aromatic heterocycles. The van der Waals surface area contributed by atoms with Crippen LogP contribution in [0.25, 0.3) is 10.9 Å². The van der Waals surface area contributed by atoms with E-state index in [4.69, 9.17) is 0 Å². The minimum atomic E-state index is -0.116. The number of nitrogens with one attached hydrogen (secondary N) is 3. The Bertz CT molecular complexity index is 633. The van der Waals surface area contributed by atoms with E-state index in [1.54, 1.807) is 12.3 Å². The molecule has 3 heterocycles. The molecule has 6 heteroatoms. The number of fused-ring (bicyclic) bond motifs is 1. The van der Waals surface area contributed by atoms with Crippen molar-refractivity contribution in [3.8, 4) is 0 Å². The first-order chi connectivity index (χ1) is 9.84. The van der Waals surface area contributed by atoms with E-state index in [9.17, 15) is 4.79 Å². The van der Waals surface area contributed by atoms with Crippen LogP contribution >= 0.6 is 0 Å². The second-order valence-electron chi connectivity index (χ2n) is 5.23. The van der Waals surface area contributed by atoms with Crippen LogP contribution in [0, 0.1) is 5.92 Å². The van der Waals surface area contributed by atoms with E-state index >= 15 is 0 Å². The summed E-state index contributed by atoms with van der Waals surface area (Å²) in [5.41, 5.74) is 1.40. The fourth-order valence-electron chi connectivity index (χ4n) is 2.68. The molecule has 0 radical (unpaired) electrons. The number of aromatic nitrogens is 3. The third-order valence-electron chi connectivity index (χ3n) is 3.76. The molecule has 1 atom stereocenters. The second-order valence-corrected chi connectivity index (χ2v) is 5.23. The lowest BCUT2D eigenvalue weighted by Crippen LogP contribution is -2.36. The Labute approximate surface area is 117 Å². The molecule has 3 rings (SSSR count). The van der Waals surface area contributed by atoms with Crippen LogP contribution in [0.5, 0.6) is 0 Å².